The zero-order valence-electron chi connectivity index (χ0n) is 16.7. The number of ether oxygens (including phenoxy) is 2. The average Bonchev–Trinajstić information content (AvgIpc) is 2.98. The molecule has 0 aromatic heterocycles. The van der Waals surface area contributed by atoms with Crippen LogP contribution in [0.3, 0.4) is 0 Å². The largest absolute Gasteiger partial charge is 0.461 e. The zero-order valence-corrected chi connectivity index (χ0v) is 16.7. The van der Waals surface area contributed by atoms with Crippen LogP contribution in [0.5, 0.6) is 0 Å². The highest BCUT2D eigenvalue weighted by atomic mass is 19.1. The molecule has 1 aromatic rings. The van der Waals surface area contributed by atoms with E-state index in [0.717, 1.165) is 24.8 Å². The standard InChI is InChI=1S/C23H27FO4/c1-5-8-14-9-7-10-16-15(14)11-12-19(16)28-22(26)20-17(23(20,3)4)13-18(24)21(25)27-6-2/h5,7,9-10,13,17,19-20H,1,6,8,11-12H2,2-4H3/b18-13+/t17-,19?,20-/m0/s1. The van der Waals surface area contributed by atoms with E-state index in [-0.39, 0.29) is 24.6 Å². The number of hydrogen-bond acceptors (Lipinski definition) is 4. The average molecular weight is 386 g/mol. The van der Waals surface area contributed by atoms with Gasteiger partial charge in [-0.2, -0.15) is 4.39 Å². The van der Waals surface area contributed by atoms with Gasteiger partial charge in [-0.05, 0) is 60.3 Å². The third kappa shape index (κ3) is 3.75. The molecule has 28 heavy (non-hydrogen) atoms. The molecule has 4 nitrogen and oxygen atoms in total. The summed E-state index contributed by atoms with van der Waals surface area (Å²) in [5.41, 5.74) is 3.05. The normalized spacial score (nSPS) is 25.0. The van der Waals surface area contributed by atoms with Crippen molar-refractivity contribution in [3.8, 4) is 0 Å². The lowest BCUT2D eigenvalue weighted by molar-refractivity contribution is -0.152. The third-order valence-corrected chi connectivity index (χ3v) is 5.90. The maximum Gasteiger partial charge on any atom is 0.366 e. The fraction of sp³-hybridized carbons (Fsp3) is 0.478. The molecular weight excluding hydrogens is 359 g/mol. The molecule has 150 valence electrons. The van der Waals surface area contributed by atoms with Gasteiger partial charge in [0, 0.05) is 0 Å². The van der Waals surface area contributed by atoms with E-state index in [0.29, 0.717) is 0 Å². The quantitative estimate of drug-likeness (QED) is 0.389. The summed E-state index contributed by atoms with van der Waals surface area (Å²) < 4.78 is 24.5. The number of esters is 2. The van der Waals surface area contributed by atoms with Gasteiger partial charge in [0.05, 0.1) is 12.5 Å². The van der Waals surface area contributed by atoms with Crippen molar-refractivity contribution in [2.75, 3.05) is 6.61 Å². The summed E-state index contributed by atoms with van der Waals surface area (Å²) in [5.74, 6) is -3.12. The molecule has 0 radical (unpaired) electrons. The Kier molecular flexibility index (Phi) is 5.73. The second kappa shape index (κ2) is 7.90. The van der Waals surface area contributed by atoms with Crippen molar-refractivity contribution in [2.45, 2.75) is 46.1 Å². The van der Waals surface area contributed by atoms with Crippen LogP contribution in [0.1, 0.15) is 50.0 Å². The topological polar surface area (TPSA) is 52.6 Å². The van der Waals surface area contributed by atoms with Gasteiger partial charge in [-0.15, -0.1) is 6.58 Å². The molecule has 3 atom stereocenters. The van der Waals surface area contributed by atoms with Gasteiger partial charge in [0.25, 0.3) is 0 Å². The van der Waals surface area contributed by atoms with E-state index in [1.54, 1.807) is 6.92 Å². The van der Waals surface area contributed by atoms with Crippen LogP contribution in [-0.4, -0.2) is 18.5 Å². The summed E-state index contributed by atoms with van der Waals surface area (Å²) >= 11 is 0. The number of fused-ring (bicyclic) bond motifs is 1. The van der Waals surface area contributed by atoms with Crippen molar-refractivity contribution in [2.24, 2.45) is 17.3 Å². The molecule has 1 saturated carbocycles. The predicted octanol–water partition coefficient (Wildman–Crippen LogP) is 4.63. The summed E-state index contributed by atoms with van der Waals surface area (Å²) in [6.45, 7) is 9.28. The van der Waals surface area contributed by atoms with Gasteiger partial charge in [-0.1, -0.05) is 38.1 Å². The molecule has 0 spiro atoms. The maximum absolute atomic E-state index is 14.0. The van der Waals surface area contributed by atoms with Crippen molar-refractivity contribution in [3.63, 3.8) is 0 Å². The van der Waals surface area contributed by atoms with Crippen LogP contribution in [0, 0.1) is 17.3 Å². The van der Waals surface area contributed by atoms with Gasteiger partial charge in [0.15, 0.2) is 0 Å². The number of carbonyl (C=O) groups excluding carboxylic acids is 2. The second-order valence-corrected chi connectivity index (χ2v) is 8.00. The molecule has 0 amide bonds. The summed E-state index contributed by atoms with van der Waals surface area (Å²) in [6, 6.07) is 6.06. The van der Waals surface area contributed by atoms with Gasteiger partial charge >= 0.3 is 11.9 Å². The van der Waals surface area contributed by atoms with Crippen LogP contribution in [0.2, 0.25) is 0 Å². The van der Waals surface area contributed by atoms with E-state index in [9.17, 15) is 14.0 Å². The first-order chi connectivity index (χ1) is 13.3. The number of hydrogen-bond donors (Lipinski definition) is 0. The molecule has 0 heterocycles. The number of allylic oxidation sites excluding steroid dienone is 2. The Balaban J connectivity index is 1.70. The Labute approximate surface area is 165 Å². The number of rotatable bonds is 7. The first-order valence-corrected chi connectivity index (χ1v) is 9.77. The van der Waals surface area contributed by atoms with Crippen LogP contribution >= 0.6 is 0 Å². The van der Waals surface area contributed by atoms with Crippen LogP contribution in [0.15, 0.2) is 42.8 Å². The van der Waals surface area contributed by atoms with Gasteiger partial charge in [-0.3, -0.25) is 4.79 Å². The highest BCUT2D eigenvalue weighted by Crippen LogP contribution is 2.60. The molecule has 1 aromatic carbocycles. The SMILES string of the molecule is C=CCc1cccc2c1CCC2OC(=O)[C@@H]1[C@H](/C=C(/F)C(=O)OCC)C1(C)C. The minimum absolute atomic E-state index is 0.106. The first kappa shape index (κ1) is 20.3. The molecule has 0 N–H and O–H groups in total. The number of halogens is 1. The van der Waals surface area contributed by atoms with Crippen molar-refractivity contribution >= 4 is 11.9 Å². The molecule has 0 aliphatic heterocycles. The monoisotopic (exact) mass is 386 g/mol. The zero-order chi connectivity index (χ0) is 20.5. The fourth-order valence-corrected chi connectivity index (χ4v) is 4.24. The second-order valence-electron chi connectivity index (χ2n) is 8.00. The Bertz CT molecular complexity index is 824. The van der Waals surface area contributed by atoms with Gasteiger partial charge in [-0.25, -0.2) is 4.79 Å². The van der Waals surface area contributed by atoms with Crippen molar-refractivity contribution in [1.29, 1.82) is 0 Å². The Hall–Kier alpha value is -2.43. The number of carbonyl (C=O) groups is 2. The first-order valence-electron chi connectivity index (χ1n) is 9.77. The highest BCUT2D eigenvalue weighted by Gasteiger charge is 2.62. The minimum Gasteiger partial charge on any atom is -0.461 e. The van der Waals surface area contributed by atoms with Crippen molar-refractivity contribution in [3.05, 3.63) is 59.4 Å². The molecule has 2 aliphatic rings. The summed E-state index contributed by atoms with van der Waals surface area (Å²) in [6.07, 6.45) is 5.21. The van der Waals surface area contributed by atoms with Gasteiger partial charge in [0.2, 0.25) is 5.83 Å². The van der Waals surface area contributed by atoms with E-state index < -0.39 is 23.1 Å². The third-order valence-electron chi connectivity index (χ3n) is 5.90. The van der Waals surface area contributed by atoms with Crippen LogP contribution in [-0.2, 0) is 31.9 Å². The smallest absolute Gasteiger partial charge is 0.366 e. The van der Waals surface area contributed by atoms with Crippen LogP contribution in [0.4, 0.5) is 4.39 Å². The summed E-state index contributed by atoms with van der Waals surface area (Å²) in [7, 11) is 0. The van der Waals surface area contributed by atoms with Gasteiger partial charge in [0.1, 0.15) is 6.10 Å². The molecule has 5 heteroatoms. The van der Waals surface area contributed by atoms with E-state index in [1.165, 1.54) is 17.2 Å². The van der Waals surface area contributed by atoms with Crippen molar-refractivity contribution in [1.82, 2.24) is 0 Å². The Morgan fingerprint density at radius 3 is 2.79 bits per heavy atom. The summed E-state index contributed by atoms with van der Waals surface area (Å²) in [5, 5.41) is 0. The molecule has 3 rings (SSSR count). The minimum atomic E-state index is -0.989. The summed E-state index contributed by atoms with van der Waals surface area (Å²) in [4.78, 5) is 24.3. The van der Waals surface area contributed by atoms with Crippen LogP contribution < -0.4 is 0 Å². The van der Waals surface area contributed by atoms with E-state index in [1.807, 2.05) is 32.1 Å². The van der Waals surface area contributed by atoms with Crippen LogP contribution in [0.25, 0.3) is 0 Å². The van der Waals surface area contributed by atoms with Gasteiger partial charge < -0.3 is 9.47 Å². The molecule has 2 aliphatic carbocycles. The molecule has 0 bridgehead atoms. The van der Waals surface area contributed by atoms with Crippen molar-refractivity contribution < 1.29 is 23.5 Å². The van der Waals surface area contributed by atoms with E-state index in [2.05, 4.69) is 17.4 Å². The van der Waals surface area contributed by atoms with E-state index >= 15 is 0 Å². The predicted molar refractivity (Wildman–Crippen MR) is 104 cm³/mol. The Morgan fingerprint density at radius 1 is 1.36 bits per heavy atom. The molecule has 1 unspecified atom stereocenters. The lowest BCUT2D eigenvalue weighted by Crippen LogP contribution is -2.14. The molecule has 0 saturated heterocycles. The lowest BCUT2D eigenvalue weighted by Gasteiger charge is -2.15. The molecular formula is C23H27FO4. The van der Waals surface area contributed by atoms with E-state index in [4.69, 9.17) is 4.74 Å². The Morgan fingerprint density at radius 2 is 2.11 bits per heavy atom. The molecule has 1 fully saturated rings. The highest BCUT2D eigenvalue weighted by molar-refractivity contribution is 5.87. The fourth-order valence-electron chi connectivity index (χ4n) is 4.24. The lowest BCUT2D eigenvalue weighted by atomic mass is 10.0. The maximum atomic E-state index is 14.0. The number of benzene rings is 1.